The van der Waals surface area contributed by atoms with E-state index in [4.69, 9.17) is 26.1 Å². The lowest BCUT2D eigenvalue weighted by atomic mass is 10.0. The molecule has 0 saturated carbocycles. The molecule has 0 aromatic carbocycles. The van der Waals surface area contributed by atoms with Gasteiger partial charge in [0.15, 0.2) is 5.09 Å². The van der Waals surface area contributed by atoms with Gasteiger partial charge in [0.2, 0.25) is 5.89 Å². The third-order valence-electron chi connectivity index (χ3n) is 4.35. The molecule has 0 atom stereocenters. The molecule has 2 aromatic rings. The summed E-state index contributed by atoms with van der Waals surface area (Å²) >= 11 is 7.35. The van der Waals surface area contributed by atoms with Crippen LogP contribution < -0.4 is 0 Å². The number of pyridine rings is 1. The number of nitrogens with zero attached hydrogens (tertiary/aromatic N) is 2. The van der Waals surface area contributed by atoms with Crippen molar-refractivity contribution in [2.75, 3.05) is 7.11 Å². The van der Waals surface area contributed by atoms with Gasteiger partial charge in [-0.05, 0) is 54.0 Å². The number of halogens is 1. The third-order valence-corrected chi connectivity index (χ3v) is 5.48. The van der Waals surface area contributed by atoms with E-state index in [1.807, 2.05) is 37.3 Å². The number of aliphatic hydroxyl groups is 1. The molecule has 0 aliphatic heterocycles. The van der Waals surface area contributed by atoms with E-state index in [9.17, 15) is 0 Å². The molecular weight excluding hydrogens is 440 g/mol. The Hall–Kier alpha value is -2.78. The van der Waals surface area contributed by atoms with E-state index in [0.29, 0.717) is 34.0 Å². The Balaban J connectivity index is 0.00000176. The second-order valence-electron chi connectivity index (χ2n) is 6.89. The first-order valence-electron chi connectivity index (χ1n) is 10.1. The number of allylic oxidation sites excluding steroid dienone is 9. The van der Waals surface area contributed by atoms with Crippen molar-refractivity contribution in [2.45, 2.75) is 37.3 Å². The summed E-state index contributed by atoms with van der Waals surface area (Å²) in [4.78, 5) is 9.08. The van der Waals surface area contributed by atoms with Crippen LogP contribution in [-0.4, -0.2) is 22.2 Å². The maximum Gasteiger partial charge on any atom is 0.236 e. The molecule has 0 spiro atoms. The fourth-order valence-electron chi connectivity index (χ4n) is 2.71. The molecule has 6 heteroatoms. The molecule has 1 aliphatic rings. The van der Waals surface area contributed by atoms with E-state index < -0.39 is 0 Å². The number of hydrogen-bond donors (Lipinski definition) is 1. The first-order chi connectivity index (χ1) is 15.5. The van der Waals surface area contributed by atoms with Crippen LogP contribution in [0.3, 0.4) is 0 Å². The van der Waals surface area contributed by atoms with Gasteiger partial charge in [0.25, 0.3) is 0 Å². The average Bonchev–Trinajstić information content (AvgIpc) is 3.02. The zero-order chi connectivity index (χ0) is 23.5. The Labute approximate surface area is 199 Å². The van der Waals surface area contributed by atoms with E-state index in [1.165, 1.54) is 17.3 Å². The van der Waals surface area contributed by atoms with Crippen molar-refractivity contribution in [3.05, 3.63) is 83.5 Å². The van der Waals surface area contributed by atoms with Crippen LogP contribution in [0.4, 0.5) is 0 Å². The highest BCUT2D eigenvalue weighted by atomic mass is 35.5. The number of oxazole rings is 1. The molecule has 0 fully saturated rings. The van der Waals surface area contributed by atoms with Crippen LogP contribution in [0.25, 0.3) is 11.1 Å². The average molecular weight is 467 g/mol. The Morgan fingerprint density at radius 2 is 2.09 bits per heavy atom. The van der Waals surface area contributed by atoms with Crippen LogP contribution >= 0.6 is 23.4 Å². The summed E-state index contributed by atoms with van der Waals surface area (Å²) in [7, 11) is 1.00. The molecule has 0 radical (unpaired) electrons. The summed E-state index contributed by atoms with van der Waals surface area (Å²) in [5.74, 6) is 7.11. The molecule has 0 bridgehead atoms. The Morgan fingerprint density at radius 3 is 2.75 bits per heavy atom. The minimum absolute atomic E-state index is 0.428. The van der Waals surface area contributed by atoms with Gasteiger partial charge in [-0.1, -0.05) is 74.2 Å². The first kappa shape index (κ1) is 25.5. The predicted octanol–water partition coefficient (Wildman–Crippen LogP) is 7.00. The number of aromatic nitrogens is 2. The van der Waals surface area contributed by atoms with Crippen LogP contribution in [-0.2, 0) is 0 Å². The zero-order valence-corrected chi connectivity index (χ0v) is 20.3. The van der Waals surface area contributed by atoms with Gasteiger partial charge in [0.1, 0.15) is 10.7 Å². The molecule has 32 heavy (non-hydrogen) atoms. The molecular formula is C26H27ClN2O2S. The molecule has 2 aromatic heterocycles. The molecule has 0 amide bonds. The maximum absolute atomic E-state index is 7.00. The highest BCUT2D eigenvalue weighted by Crippen LogP contribution is 2.35. The lowest BCUT2D eigenvalue weighted by Crippen LogP contribution is -1.90. The SMILES string of the molecule is C=C(/C=C\C(=C/C)C(C)C)c1nc(C2=CC=CCC#C2)oc1Sc1ccc(Cl)cn1.CO. The first-order valence-corrected chi connectivity index (χ1v) is 11.3. The van der Waals surface area contributed by atoms with Crippen molar-refractivity contribution < 1.29 is 9.52 Å². The van der Waals surface area contributed by atoms with Crippen molar-refractivity contribution >= 4 is 34.5 Å². The quantitative estimate of drug-likeness (QED) is 0.351. The van der Waals surface area contributed by atoms with Crippen LogP contribution in [0.1, 0.15) is 38.8 Å². The number of rotatable bonds is 7. The number of hydrogen-bond acceptors (Lipinski definition) is 5. The van der Waals surface area contributed by atoms with E-state index >= 15 is 0 Å². The van der Waals surface area contributed by atoms with Gasteiger partial charge >= 0.3 is 0 Å². The van der Waals surface area contributed by atoms with Crippen molar-refractivity contribution in [3.8, 4) is 11.8 Å². The van der Waals surface area contributed by atoms with E-state index in [-0.39, 0.29) is 0 Å². The standard InChI is InChI=1S/C25H23ClN2OS.CH4O/c1-5-19(17(2)3)13-12-18(4)23-25(30-22-15-14-21(26)16-27-22)29-24(28-23)20-10-8-6-7-9-11-20;1-2/h5-6,8,10,12-17H,4,7H2,1-3H3;2H,1H3/b13-12-,19-5+;. The van der Waals surface area contributed by atoms with Crippen molar-refractivity contribution in [3.63, 3.8) is 0 Å². The largest absolute Gasteiger partial charge is 0.428 e. The maximum atomic E-state index is 7.00. The summed E-state index contributed by atoms with van der Waals surface area (Å²) in [6.45, 7) is 10.6. The van der Waals surface area contributed by atoms with Crippen LogP contribution in [0.5, 0.6) is 0 Å². The predicted molar refractivity (Wildman–Crippen MR) is 134 cm³/mol. The molecule has 1 N–H and O–H groups in total. The Morgan fingerprint density at radius 1 is 1.31 bits per heavy atom. The molecule has 2 heterocycles. The lowest BCUT2D eigenvalue weighted by molar-refractivity contribution is 0.399. The van der Waals surface area contributed by atoms with Crippen LogP contribution in [0.15, 0.2) is 81.5 Å². The van der Waals surface area contributed by atoms with Crippen molar-refractivity contribution in [1.82, 2.24) is 9.97 Å². The summed E-state index contributed by atoms with van der Waals surface area (Å²) in [5.41, 5.74) is 3.42. The van der Waals surface area contributed by atoms with Gasteiger partial charge in [-0.2, -0.15) is 0 Å². The fraction of sp³-hybridized carbons (Fsp3) is 0.231. The highest BCUT2D eigenvalue weighted by Gasteiger charge is 2.19. The van der Waals surface area contributed by atoms with Gasteiger partial charge in [0.05, 0.1) is 10.6 Å². The summed E-state index contributed by atoms with van der Waals surface area (Å²) in [6, 6.07) is 3.65. The van der Waals surface area contributed by atoms with E-state index in [2.05, 4.69) is 49.4 Å². The van der Waals surface area contributed by atoms with E-state index in [0.717, 1.165) is 23.3 Å². The number of aliphatic hydroxyl groups excluding tert-OH is 1. The molecule has 4 nitrogen and oxygen atoms in total. The summed E-state index contributed by atoms with van der Waals surface area (Å²) in [6.07, 6.45) is 14.3. The normalized spacial score (nSPS) is 13.2. The molecule has 3 rings (SSSR count). The molecule has 1 aliphatic carbocycles. The van der Waals surface area contributed by atoms with Crippen LogP contribution in [0, 0.1) is 17.8 Å². The monoisotopic (exact) mass is 466 g/mol. The second kappa shape index (κ2) is 12.9. The summed E-state index contributed by atoms with van der Waals surface area (Å²) < 4.78 is 6.11. The lowest BCUT2D eigenvalue weighted by Gasteiger charge is -2.05. The van der Waals surface area contributed by atoms with Crippen molar-refractivity contribution in [2.24, 2.45) is 5.92 Å². The zero-order valence-electron chi connectivity index (χ0n) is 18.7. The second-order valence-corrected chi connectivity index (χ2v) is 8.32. The van der Waals surface area contributed by atoms with Gasteiger partial charge in [0, 0.05) is 19.7 Å². The molecule has 0 saturated heterocycles. The van der Waals surface area contributed by atoms with Gasteiger partial charge in [-0.3, -0.25) is 0 Å². The smallest absolute Gasteiger partial charge is 0.236 e. The highest BCUT2D eigenvalue weighted by molar-refractivity contribution is 7.99. The van der Waals surface area contributed by atoms with Gasteiger partial charge < -0.3 is 9.52 Å². The topological polar surface area (TPSA) is 59.2 Å². The minimum atomic E-state index is 0.428. The van der Waals surface area contributed by atoms with Crippen LogP contribution in [0.2, 0.25) is 5.02 Å². The van der Waals surface area contributed by atoms with Crippen molar-refractivity contribution in [1.29, 1.82) is 0 Å². The third kappa shape index (κ3) is 7.13. The Bertz CT molecular complexity index is 1110. The summed E-state index contributed by atoms with van der Waals surface area (Å²) in [5, 5.41) is 8.97. The molecule has 0 unspecified atom stereocenters. The fourth-order valence-corrected chi connectivity index (χ4v) is 3.65. The minimum Gasteiger partial charge on any atom is -0.428 e. The molecule has 166 valence electrons. The van der Waals surface area contributed by atoms with E-state index in [1.54, 1.807) is 12.3 Å². The van der Waals surface area contributed by atoms with Gasteiger partial charge in [-0.25, -0.2) is 9.97 Å². The Kier molecular flexibility index (Phi) is 10.3. The van der Waals surface area contributed by atoms with Gasteiger partial charge in [-0.15, -0.1) is 0 Å².